The molecule has 6 heteroatoms. The first-order chi connectivity index (χ1) is 9.58. The fraction of sp³-hybridized carbons (Fsp3) is 0.500. The molecule has 2 rings (SSSR count). The van der Waals surface area contributed by atoms with Gasteiger partial charge in [0, 0.05) is 18.8 Å². The van der Waals surface area contributed by atoms with Gasteiger partial charge in [-0.05, 0) is 24.6 Å². The van der Waals surface area contributed by atoms with E-state index in [0.29, 0.717) is 25.4 Å². The van der Waals surface area contributed by atoms with Crippen LogP contribution in [0.15, 0.2) is 18.2 Å². The minimum Gasteiger partial charge on any atom is -0.394 e. The summed E-state index contributed by atoms with van der Waals surface area (Å²) in [6, 6.07) is 4.29. The minimum absolute atomic E-state index is 0.0544. The molecule has 0 radical (unpaired) electrons. The van der Waals surface area contributed by atoms with Crippen LogP contribution >= 0.6 is 0 Å². The van der Waals surface area contributed by atoms with Crippen molar-refractivity contribution in [3.05, 3.63) is 29.6 Å². The number of amides is 1. The number of hydrogen-bond donors (Lipinski definition) is 2. The molecule has 1 saturated heterocycles. The van der Waals surface area contributed by atoms with Crippen LogP contribution in [0.3, 0.4) is 0 Å². The maximum atomic E-state index is 13.1. The van der Waals surface area contributed by atoms with Crippen molar-refractivity contribution in [3.8, 4) is 0 Å². The van der Waals surface area contributed by atoms with Gasteiger partial charge in [-0.3, -0.25) is 9.69 Å². The lowest BCUT2D eigenvalue weighted by molar-refractivity contribution is -0.120. The van der Waals surface area contributed by atoms with Crippen LogP contribution in [0.2, 0.25) is 0 Å². The van der Waals surface area contributed by atoms with Gasteiger partial charge < -0.3 is 15.2 Å². The molecule has 1 heterocycles. The summed E-state index contributed by atoms with van der Waals surface area (Å²) in [5, 5.41) is 11.8. The summed E-state index contributed by atoms with van der Waals surface area (Å²) in [7, 11) is 0. The van der Waals surface area contributed by atoms with Crippen molar-refractivity contribution < 1.29 is 19.0 Å². The predicted molar refractivity (Wildman–Crippen MR) is 73.0 cm³/mol. The predicted octanol–water partition coefficient (Wildman–Crippen LogP) is 0.766. The van der Waals surface area contributed by atoms with Crippen LogP contribution in [0.5, 0.6) is 0 Å². The van der Waals surface area contributed by atoms with Gasteiger partial charge in [-0.2, -0.15) is 0 Å². The molecule has 1 unspecified atom stereocenters. The van der Waals surface area contributed by atoms with Gasteiger partial charge in [0.2, 0.25) is 5.91 Å². The van der Waals surface area contributed by atoms with E-state index in [1.807, 2.05) is 11.8 Å². The van der Waals surface area contributed by atoms with Gasteiger partial charge in [0.1, 0.15) is 5.82 Å². The van der Waals surface area contributed by atoms with Gasteiger partial charge in [-0.1, -0.05) is 6.07 Å². The topological polar surface area (TPSA) is 61.8 Å². The standard InChI is InChI=1S/C14H19FN2O3/c1-10-2-3-11(15)6-13(10)16-14(19)8-17-4-5-20-12(7-17)9-18/h2-3,6,12,18H,4-5,7-9H2,1H3,(H,16,19). The van der Waals surface area contributed by atoms with Crippen LogP contribution in [0.1, 0.15) is 5.56 Å². The van der Waals surface area contributed by atoms with Crippen molar-refractivity contribution >= 4 is 11.6 Å². The number of hydrogen-bond acceptors (Lipinski definition) is 4. The smallest absolute Gasteiger partial charge is 0.238 e. The molecule has 2 N–H and O–H groups in total. The lowest BCUT2D eigenvalue weighted by Gasteiger charge is -2.31. The minimum atomic E-state index is -0.377. The number of carbonyl (C=O) groups is 1. The molecule has 0 aromatic heterocycles. The van der Waals surface area contributed by atoms with E-state index >= 15 is 0 Å². The summed E-state index contributed by atoms with van der Waals surface area (Å²) in [5.41, 5.74) is 1.30. The summed E-state index contributed by atoms with van der Waals surface area (Å²) >= 11 is 0. The lowest BCUT2D eigenvalue weighted by Crippen LogP contribution is -2.46. The fourth-order valence-corrected chi connectivity index (χ4v) is 2.16. The highest BCUT2D eigenvalue weighted by atomic mass is 19.1. The number of aliphatic hydroxyl groups is 1. The van der Waals surface area contributed by atoms with Gasteiger partial charge >= 0.3 is 0 Å². The number of aliphatic hydroxyl groups excluding tert-OH is 1. The summed E-state index contributed by atoms with van der Waals surface area (Å²) in [5.74, 6) is -0.574. The number of nitrogens with zero attached hydrogens (tertiary/aromatic N) is 1. The lowest BCUT2D eigenvalue weighted by atomic mass is 10.2. The van der Waals surface area contributed by atoms with Gasteiger partial charge in [0.25, 0.3) is 0 Å². The molecule has 1 atom stereocenters. The molecule has 1 fully saturated rings. The maximum absolute atomic E-state index is 13.1. The Bertz CT molecular complexity index is 481. The highest BCUT2D eigenvalue weighted by Crippen LogP contribution is 2.16. The number of nitrogens with one attached hydrogen (secondary N) is 1. The van der Waals surface area contributed by atoms with Gasteiger partial charge in [0.05, 0.1) is 25.9 Å². The van der Waals surface area contributed by atoms with Gasteiger partial charge in [-0.15, -0.1) is 0 Å². The molecule has 0 aliphatic carbocycles. The largest absolute Gasteiger partial charge is 0.394 e. The van der Waals surface area contributed by atoms with E-state index in [2.05, 4.69) is 5.32 Å². The Morgan fingerprint density at radius 3 is 3.15 bits per heavy atom. The number of morpholine rings is 1. The van der Waals surface area contributed by atoms with Crippen molar-refractivity contribution in [2.75, 3.05) is 38.2 Å². The molecule has 5 nitrogen and oxygen atoms in total. The van der Waals surface area contributed by atoms with Gasteiger partial charge in [0.15, 0.2) is 0 Å². The van der Waals surface area contributed by atoms with E-state index < -0.39 is 0 Å². The van der Waals surface area contributed by atoms with Crippen molar-refractivity contribution in [3.63, 3.8) is 0 Å². The van der Waals surface area contributed by atoms with E-state index in [1.165, 1.54) is 12.1 Å². The van der Waals surface area contributed by atoms with Crippen LogP contribution in [0.4, 0.5) is 10.1 Å². The summed E-state index contributed by atoms with van der Waals surface area (Å²) in [6.45, 7) is 3.62. The summed E-state index contributed by atoms with van der Waals surface area (Å²) in [4.78, 5) is 13.9. The average Bonchev–Trinajstić information content (AvgIpc) is 2.43. The Hall–Kier alpha value is -1.50. The average molecular weight is 282 g/mol. The van der Waals surface area contributed by atoms with Crippen LogP contribution < -0.4 is 5.32 Å². The number of benzene rings is 1. The van der Waals surface area contributed by atoms with Crippen LogP contribution in [0.25, 0.3) is 0 Å². The number of halogens is 1. The summed E-state index contributed by atoms with van der Waals surface area (Å²) < 4.78 is 18.5. The molecule has 0 spiro atoms. The molecule has 20 heavy (non-hydrogen) atoms. The third-order valence-corrected chi connectivity index (χ3v) is 3.27. The molecular formula is C14H19FN2O3. The zero-order valence-electron chi connectivity index (χ0n) is 11.4. The molecule has 1 amide bonds. The monoisotopic (exact) mass is 282 g/mol. The molecule has 1 aliphatic heterocycles. The highest BCUT2D eigenvalue weighted by molar-refractivity contribution is 5.92. The zero-order chi connectivity index (χ0) is 14.5. The third-order valence-electron chi connectivity index (χ3n) is 3.27. The van der Waals surface area contributed by atoms with E-state index in [4.69, 9.17) is 9.84 Å². The first-order valence-electron chi connectivity index (χ1n) is 6.59. The quantitative estimate of drug-likeness (QED) is 0.856. The fourth-order valence-electron chi connectivity index (χ4n) is 2.16. The maximum Gasteiger partial charge on any atom is 0.238 e. The van der Waals surface area contributed by atoms with Crippen molar-refractivity contribution in [1.29, 1.82) is 0 Å². The molecule has 1 aromatic carbocycles. The number of rotatable bonds is 4. The number of anilines is 1. The molecular weight excluding hydrogens is 263 g/mol. The number of ether oxygens (including phenoxy) is 1. The SMILES string of the molecule is Cc1ccc(F)cc1NC(=O)CN1CCOC(CO)C1. The Labute approximate surface area is 117 Å². The molecule has 1 aliphatic rings. The van der Waals surface area contributed by atoms with Crippen LogP contribution in [-0.4, -0.2) is 54.9 Å². The van der Waals surface area contributed by atoms with Crippen LogP contribution in [-0.2, 0) is 9.53 Å². The Morgan fingerprint density at radius 2 is 2.40 bits per heavy atom. The van der Waals surface area contributed by atoms with E-state index in [9.17, 15) is 9.18 Å². The molecule has 0 saturated carbocycles. The Balaban J connectivity index is 1.90. The van der Waals surface area contributed by atoms with Crippen molar-refractivity contribution in [1.82, 2.24) is 4.90 Å². The zero-order valence-corrected chi connectivity index (χ0v) is 11.4. The van der Waals surface area contributed by atoms with E-state index in [-0.39, 0.29) is 31.0 Å². The Kier molecular flexibility index (Phi) is 5.05. The first kappa shape index (κ1) is 14.9. The number of carbonyl (C=O) groups excluding carboxylic acids is 1. The second-order valence-electron chi connectivity index (χ2n) is 4.92. The van der Waals surface area contributed by atoms with Crippen molar-refractivity contribution in [2.45, 2.75) is 13.0 Å². The Morgan fingerprint density at radius 1 is 1.60 bits per heavy atom. The molecule has 110 valence electrons. The molecule has 1 aromatic rings. The second kappa shape index (κ2) is 6.78. The molecule has 0 bridgehead atoms. The normalized spacial score (nSPS) is 19.9. The summed E-state index contributed by atoms with van der Waals surface area (Å²) in [6.07, 6.45) is -0.243. The van der Waals surface area contributed by atoms with Crippen LogP contribution in [0, 0.1) is 12.7 Å². The third kappa shape index (κ3) is 4.00. The highest BCUT2D eigenvalue weighted by Gasteiger charge is 2.21. The van der Waals surface area contributed by atoms with Crippen molar-refractivity contribution in [2.24, 2.45) is 0 Å². The van der Waals surface area contributed by atoms with Gasteiger partial charge in [-0.25, -0.2) is 4.39 Å². The second-order valence-corrected chi connectivity index (χ2v) is 4.92. The first-order valence-corrected chi connectivity index (χ1v) is 6.59. The van der Waals surface area contributed by atoms with E-state index in [0.717, 1.165) is 5.56 Å². The number of aryl methyl sites for hydroxylation is 1. The van der Waals surface area contributed by atoms with E-state index in [1.54, 1.807) is 6.07 Å².